The van der Waals surface area contributed by atoms with Crippen LogP contribution < -0.4 is 4.90 Å². The van der Waals surface area contributed by atoms with Crippen LogP contribution in [0.25, 0.3) is 22.2 Å². The van der Waals surface area contributed by atoms with Crippen molar-refractivity contribution >= 4 is 23.3 Å². The highest BCUT2D eigenvalue weighted by Crippen LogP contribution is 2.36. The highest BCUT2D eigenvalue weighted by atomic mass is 19.1. The largest absolute Gasteiger partial charge is 0.481 e. The topological polar surface area (TPSA) is 80.1 Å². The molecule has 0 saturated carbocycles. The first-order valence-electron chi connectivity index (χ1n) is 13.0. The van der Waals surface area contributed by atoms with Crippen LogP contribution in [0.2, 0.25) is 0 Å². The molecule has 9 heteroatoms. The van der Waals surface area contributed by atoms with Crippen molar-refractivity contribution in [1.29, 1.82) is 0 Å². The van der Waals surface area contributed by atoms with Crippen LogP contribution in [0, 0.1) is 11.6 Å². The monoisotopic (exact) mass is 538 g/mol. The summed E-state index contributed by atoms with van der Waals surface area (Å²) in [5.41, 5.74) is 3.00. The molecule has 1 fully saturated rings. The second-order valence-corrected chi connectivity index (χ2v) is 8.71. The van der Waals surface area contributed by atoms with Crippen LogP contribution in [-0.2, 0) is 15.9 Å². The molecule has 0 spiro atoms. The Kier molecular flexibility index (Phi) is 10.7. The number of morpholine rings is 1. The molecule has 1 unspecified atom stereocenters. The van der Waals surface area contributed by atoms with Crippen molar-refractivity contribution in [3.05, 3.63) is 77.0 Å². The summed E-state index contributed by atoms with van der Waals surface area (Å²) in [6.45, 7) is 13.5. The van der Waals surface area contributed by atoms with Crippen molar-refractivity contribution in [1.82, 2.24) is 9.97 Å². The van der Waals surface area contributed by atoms with Gasteiger partial charge in [-0.05, 0) is 61.0 Å². The van der Waals surface area contributed by atoms with Gasteiger partial charge in [-0.2, -0.15) is 0 Å². The van der Waals surface area contributed by atoms with E-state index in [0.717, 1.165) is 0 Å². The Labute approximate surface area is 228 Å². The average Bonchev–Trinajstić information content (AvgIpc) is 2.98. The molecule has 7 nitrogen and oxygen atoms in total. The zero-order chi connectivity index (χ0) is 28.5. The van der Waals surface area contributed by atoms with Gasteiger partial charge in [-0.25, -0.2) is 23.7 Å². The summed E-state index contributed by atoms with van der Waals surface area (Å²) in [6, 6.07) is 6.12. The molecule has 3 aromatic rings. The number of anilines is 1. The Morgan fingerprint density at radius 3 is 2.51 bits per heavy atom. The minimum absolute atomic E-state index is 0.0883. The van der Waals surface area contributed by atoms with Crippen molar-refractivity contribution in [3.63, 3.8) is 0 Å². The number of halogens is 2. The average molecular weight is 539 g/mol. The maximum Gasteiger partial charge on any atom is 0.212 e. The number of methoxy groups -OCH3 is 1. The highest BCUT2D eigenvalue weighted by Gasteiger charge is 2.22. The van der Waals surface area contributed by atoms with Gasteiger partial charge in [0.2, 0.25) is 5.88 Å². The Bertz CT molecular complexity index is 1370. The van der Waals surface area contributed by atoms with Gasteiger partial charge in [0.25, 0.3) is 0 Å². The quantitative estimate of drug-likeness (QED) is 0.210. The molecule has 1 aliphatic heterocycles. The molecule has 0 bridgehead atoms. The normalized spacial score (nSPS) is 15.0. The number of aliphatic hydroxyl groups is 1. The zero-order valence-corrected chi connectivity index (χ0v) is 23.2. The molecule has 2 aromatic carbocycles. The van der Waals surface area contributed by atoms with Crippen LogP contribution in [0.5, 0.6) is 0 Å². The fourth-order valence-corrected chi connectivity index (χ4v) is 4.43. The van der Waals surface area contributed by atoms with Gasteiger partial charge in [-0.1, -0.05) is 26.8 Å². The molecule has 1 saturated heterocycles. The number of fused-ring (bicyclic) bond motifs is 1. The van der Waals surface area contributed by atoms with E-state index in [1.807, 2.05) is 25.7 Å². The van der Waals surface area contributed by atoms with Crippen LogP contribution >= 0.6 is 0 Å². The van der Waals surface area contributed by atoms with Gasteiger partial charge in [0.05, 0.1) is 36.9 Å². The molecule has 1 N–H and O–H groups in total. The fourth-order valence-electron chi connectivity index (χ4n) is 4.43. The zero-order valence-electron chi connectivity index (χ0n) is 23.2. The van der Waals surface area contributed by atoms with Gasteiger partial charge in [0.15, 0.2) is 0 Å². The maximum atomic E-state index is 15.5. The van der Waals surface area contributed by atoms with E-state index in [0.29, 0.717) is 66.5 Å². The highest BCUT2D eigenvalue weighted by molar-refractivity contribution is 5.94. The maximum absolute atomic E-state index is 15.5. The van der Waals surface area contributed by atoms with E-state index in [1.54, 1.807) is 31.2 Å². The van der Waals surface area contributed by atoms with Gasteiger partial charge < -0.3 is 19.5 Å². The van der Waals surface area contributed by atoms with Crippen molar-refractivity contribution in [2.24, 2.45) is 4.99 Å². The number of aliphatic imine (C=N–C) groups is 1. The molecule has 39 heavy (non-hydrogen) atoms. The van der Waals surface area contributed by atoms with Gasteiger partial charge >= 0.3 is 0 Å². The summed E-state index contributed by atoms with van der Waals surface area (Å²) < 4.78 is 41.4. The summed E-state index contributed by atoms with van der Waals surface area (Å²) in [4.78, 5) is 14.3. The third kappa shape index (κ3) is 6.66. The minimum Gasteiger partial charge on any atom is -0.481 e. The van der Waals surface area contributed by atoms with Crippen LogP contribution in [0.1, 0.15) is 44.9 Å². The number of aliphatic hydroxyl groups excluding tert-OH is 1. The number of rotatable bonds is 8. The van der Waals surface area contributed by atoms with Crippen LogP contribution in [0.3, 0.4) is 0 Å². The van der Waals surface area contributed by atoms with Crippen LogP contribution in [0.4, 0.5) is 14.5 Å². The Hall–Kier alpha value is -3.69. The standard InChI is InChI=1S/C28H30F2N4O3.C2H6/c1-5-18-12-22(29)21(15-20(18)28(35)17(2)6-7-25(31-3)36-4)27-26-23(30)13-19(14-24(26)32-16-33-27)34-8-10-37-11-9-34;1-2/h6-7,12-16,28,35H,3,5,8-11H2,1-2,4H3;1-2H3/b17-6+,25-7+;. The molecule has 0 aliphatic carbocycles. The van der Waals surface area contributed by atoms with Gasteiger partial charge in [-0.15, -0.1) is 0 Å². The lowest BCUT2D eigenvalue weighted by atomic mass is 9.92. The van der Waals surface area contributed by atoms with Crippen molar-refractivity contribution in [2.75, 3.05) is 38.3 Å². The van der Waals surface area contributed by atoms with E-state index in [2.05, 4.69) is 21.7 Å². The summed E-state index contributed by atoms with van der Waals surface area (Å²) in [5, 5.41) is 11.3. The van der Waals surface area contributed by atoms with E-state index in [-0.39, 0.29) is 16.6 Å². The number of benzene rings is 2. The molecule has 4 rings (SSSR count). The Morgan fingerprint density at radius 2 is 1.87 bits per heavy atom. The van der Waals surface area contributed by atoms with Gasteiger partial charge in [0, 0.05) is 30.4 Å². The van der Waals surface area contributed by atoms with E-state index < -0.39 is 17.7 Å². The molecule has 2 heterocycles. The Morgan fingerprint density at radius 1 is 1.15 bits per heavy atom. The minimum atomic E-state index is -1.04. The summed E-state index contributed by atoms with van der Waals surface area (Å²) in [5.74, 6) is -0.800. The first kappa shape index (κ1) is 29.9. The molecule has 208 valence electrons. The number of hydrogen-bond acceptors (Lipinski definition) is 7. The molecular weight excluding hydrogens is 502 g/mol. The lowest BCUT2D eigenvalue weighted by molar-refractivity contribution is 0.122. The predicted octanol–water partition coefficient (Wildman–Crippen LogP) is 6.17. The second kappa shape index (κ2) is 13.9. The van der Waals surface area contributed by atoms with E-state index in [9.17, 15) is 5.11 Å². The van der Waals surface area contributed by atoms with Crippen molar-refractivity contribution in [2.45, 2.75) is 40.2 Å². The van der Waals surface area contributed by atoms with Crippen molar-refractivity contribution in [3.8, 4) is 11.3 Å². The smallest absolute Gasteiger partial charge is 0.212 e. The Balaban J connectivity index is 0.00000205. The van der Waals surface area contributed by atoms with E-state index in [4.69, 9.17) is 9.47 Å². The molecule has 0 amide bonds. The third-order valence-electron chi connectivity index (χ3n) is 6.50. The number of hydrogen-bond donors (Lipinski definition) is 1. The first-order chi connectivity index (χ1) is 18.9. The molecule has 1 aromatic heterocycles. The second-order valence-electron chi connectivity index (χ2n) is 8.71. The fraction of sp³-hybridized carbons (Fsp3) is 0.367. The molecule has 0 radical (unpaired) electrons. The summed E-state index contributed by atoms with van der Waals surface area (Å²) in [7, 11) is 1.47. The first-order valence-corrected chi connectivity index (χ1v) is 13.0. The van der Waals surface area contributed by atoms with Gasteiger partial charge in [-0.3, -0.25) is 0 Å². The van der Waals surface area contributed by atoms with Crippen LogP contribution in [0.15, 0.2) is 59.2 Å². The number of allylic oxidation sites excluding steroid dienone is 2. The van der Waals surface area contributed by atoms with E-state index in [1.165, 1.54) is 25.6 Å². The SMILES string of the molecule is C=N/C(=C\C=C(/C)C(O)c1cc(-c2ncnc3cc(N4CCOCC4)cc(F)c23)c(F)cc1CC)OC.CC. The number of aryl methyl sites for hydroxylation is 1. The molecular formula is C30H36F2N4O3. The number of nitrogens with zero attached hydrogens (tertiary/aromatic N) is 4. The van der Waals surface area contributed by atoms with Crippen LogP contribution in [-0.4, -0.2) is 55.2 Å². The van der Waals surface area contributed by atoms with Crippen molar-refractivity contribution < 1.29 is 23.4 Å². The number of ether oxygens (including phenoxy) is 2. The summed E-state index contributed by atoms with van der Waals surface area (Å²) >= 11 is 0. The molecule has 1 aliphatic rings. The lowest BCUT2D eigenvalue weighted by Gasteiger charge is -2.29. The lowest BCUT2D eigenvalue weighted by Crippen LogP contribution is -2.36. The third-order valence-corrected chi connectivity index (χ3v) is 6.50. The number of aromatic nitrogens is 2. The summed E-state index contributed by atoms with van der Waals surface area (Å²) in [6.07, 6.45) is 3.99. The van der Waals surface area contributed by atoms with E-state index >= 15 is 8.78 Å². The van der Waals surface area contributed by atoms with Gasteiger partial charge in [0.1, 0.15) is 24.1 Å². The predicted molar refractivity (Wildman–Crippen MR) is 152 cm³/mol. The molecule has 1 atom stereocenters.